The largest absolute Gasteiger partial charge is 0.454 e. The van der Waals surface area contributed by atoms with Gasteiger partial charge in [0.2, 0.25) is 0 Å². The Labute approximate surface area is 206 Å². The van der Waals surface area contributed by atoms with E-state index >= 15 is 0 Å². The first-order valence-electron chi connectivity index (χ1n) is 10.8. The monoisotopic (exact) mass is 490 g/mol. The van der Waals surface area contributed by atoms with Gasteiger partial charge in [-0.25, -0.2) is 5.43 Å². The van der Waals surface area contributed by atoms with Crippen LogP contribution in [0.4, 0.5) is 5.69 Å². The van der Waals surface area contributed by atoms with Crippen molar-refractivity contribution in [3.63, 3.8) is 0 Å². The molecule has 0 spiro atoms. The third kappa shape index (κ3) is 5.64. The molecule has 4 rings (SSSR count). The molecule has 4 aromatic rings. The fourth-order valence-electron chi connectivity index (χ4n) is 3.31. The van der Waals surface area contributed by atoms with E-state index in [1.54, 1.807) is 66.3 Å². The van der Waals surface area contributed by atoms with Gasteiger partial charge in [-0.3, -0.25) is 19.3 Å². The number of pyridine rings is 1. The summed E-state index contributed by atoms with van der Waals surface area (Å²) >= 11 is 6.18. The zero-order valence-electron chi connectivity index (χ0n) is 19.4. The number of carbonyl (C=O) groups is 2. The standard InChI is InChI=1S/C25H23ClN6O3/c1-15(18-6-8-20(9-7-18)28-24(33)19-5-4-12-27-13-19)29-30-25(34)22-11-10-21(35-22)14-32-17(3)23(26)16(2)31-32/h4-13H,14H2,1-3H3,(H,28,33)(H,30,34)/b29-15+. The van der Waals surface area contributed by atoms with Gasteiger partial charge in [-0.2, -0.15) is 10.2 Å². The lowest BCUT2D eigenvalue weighted by Crippen LogP contribution is -2.18. The Hall–Kier alpha value is -4.24. The number of hydrogen-bond acceptors (Lipinski definition) is 6. The van der Waals surface area contributed by atoms with E-state index < -0.39 is 5.91 Å². The van der Waals surface area contributed by atoms with Crippen LogP contribution in [0, 0.1) is 13.8 Å². The van der Waals surface area contributed by atoms with Gasteiger partial charge in [0.15, 0.2) is 5.76 Å². The molecule has 0 unspecified atom stereocenters. The van der Waals surface area contributed by atoms with Crippen LogP contribution in [0.2, 0.25) is 5.02 Å². The van der Waals surface area contributed by atoms with Gasteiger partial charge < -0.3 is 9.73 Å². The topological polar surface area (TPSA) is 114 Å². The second-order valence-electron chi connectivity index (χ2n) is 7.82. The van der Waals surface area contributed by atoms with Crippen LogP contribution in [0.1, 0.15) is 50.5 Å². The zero-order valence-corrected chi connectivity index (χ0v) is 20.1. The summed E-state index contributed by atoms with van der Waals surface area (Å²) in [7, 11) is 0. The second-order valence-corrected chi connectivity index (χ2v) is 8.20. The van der Waals surface area contributed by atoms with Gasteiger partial charge in [0, 0.05) is 18.1 Å². The molecule has 0 bridgehead atoms. The molecule has 9 nitrogen and oxygen atoms in total. The Morgan fingerprint density at radius 3 is 2.49 bits per heavy atom. The number of hydrogen-bond donors (Lipinski definition) is 2. The molecule has 2 amide bonds. The normalized spacial score (nSPS) is 11.4. The van der Waals surface area contributed by atoms with Crippen molar-refractivity contribution in [1.82, 2.24) is 20.2 Å². The van der Waals surface area contributed by atoms with E-state index in [-0.39, 0.29) is 11.7 Å². The van der Waals surface area contributed by atoms with E-state index in [2.05, 4.69) is 25.9 Å². The maximum Gasteiger partial charge on any atom is 0.307 e. The second kappa shape index (κ2) is 10.4. The highest BCUT2D eigenvalue weighted by molar-refractivity contribution is 6.31. The molecule has 1 aromatic carbocycles. The number of hydrazone groups is 1. The lowest BCUT2D eigenvalue weighted by molar-refractivity contribution is 0.0924. The Kier molecular flexibility index (Phi) is 7.07. The molecule has 35 heavy (non-hydrogen) atoms. The summed E-state index contributed by atoms with van der Waals surface area (Å²) in [6.07, 6.45) is 3.11. The van der Waals surface area contributed by atoms with E-state index in [4.69, 9.17) is 16.0 Å². The maximum absolute atomic E-state index is 12.5. The zero-order chi connectivity index (χ0) is 24.9. The molecule has 0 saturated heterocycles. The van der Waals surface area contributed by atoms with Crippen molar-refractivity contribution in [2.45, 2.75) is 27.3 Å². The number of furan rings is 1. The average Bonchev–Trinajstić information content (AvgIpc) is 3.44. The van der Waals surface area contributed by atoms with Crippen molar-refractivity contribution < 1.29 is 14.0 Å². The predicted octanol–water partition coefficient (Wildman–Crippen LogP) is 4.60. The molecule has 3 aromatic heterocycles. The van der Waals surface area contributed by atoms with E-state index in [1.807, 2.05) is 13.8 Å². The summed E-state index contributed by atoms with van der Waals surface area (Å²) in [6, 6.07) is 13.8. The summed E-state index contributed by atoms with van der Waals surface area (Å²) < 4.78 is 7.38. The highest BCUT2D eigenvalue weighted by Crippen LogP contribution is 2.20. The Morgan fingerprint density at radius 2 is 1.83 bits per heavy atom. The van der Waals surface area contributed by atoms with Crippen LogP contribution < -0.4 is 10.7 Å². The van der Waals surface area contributed by atoms with Crippen LogP contribution >= 0.6 is 11.6 Å². The van der Waals surface area contributed by atoms with Gasteiger partial charge in [-0.05, 0) is 62.7 Å². The highest BCUT2D eigenvalue weighted by atomic mass is 35.5. The lowest BCUT2D eigenvalue weighted by Gasteiger charge is -2.07. The summed E-state index contributed by atoms with van der Waals surface area (Å²) in [5.41, 5.74) is 6.54. The number of amides is 2. The third-order valence-electron chi connectivity index (χ3n) is 5.29. The molecule has 2 N–H and O–H groups in total. The summed E-state index contributed by atoms with van der Waals surface area (Å²) in [4.78, 5) is 28.7. The first kappa shape index (κ1) is 23.9. The van der Waals surface area contributed by atoms with Crippen LogP contribution in [0.3, 0.4) is 0 Å². The van der Waals surface area contributed by atoms with Crippen molar-refractivity contribution in [2.75, 3.05) is 5.32 Å². The third-order valence-corrected chi connectivity index (χ3v) is 5.84. The minimum absolute atomic E-state index is 0.137. The molecule has 178 valence electrons. The Bertz CT molecular complexity index is 1390. The van der Waals surface area contributed by atoms with Gasteiger partial charge in [0.05, 0.1) is 34.2 Å². The van der Waals surface area contributed by atoms with E-state index in [0.717, 1.165) is 17.0 Å². The number of aromatic nitrogens is 3. The quantitative estimate of drug-likeness (QED) is 0.290. The van der Waals surface area contributed by atoms with Crippen LogP contribution in [-0.2, 0) is 6.54 Å². The summed E-state index contributed by atoms with van der Waals surface area (Å²) in [6.45, 7) is 5.83. The van der Waals surface area contributed by atoms with Crippen molar-refractivity contribution >= 4 is 34.8 Å². The number of carbonyl (C=O) groups excluding carboxylic acids is 2. The van der Waals surface area contributed by atoms with Crippen molar-refractivity contribution in [3.8, 4) is 0 Å². The SMILES string of the molecule is C/C(=N\NC(=O)c1ccc(Cn2nc(C)c(Cl)c2C)o1)c1ccc(NC(=O)c2cccnc2)cc1. The van der Waals surface area contributed by atoms with E-state index in [1.165, 1.54) is 6.20 Å². The molecular formula is C25H23ClN6O3. The molecule has 0 saturated carbocycles. The molecule has 10 heteroatoms. The minimum atomic E-state index is -0.470. The van der Waals surface area contributed by atoms with Crippen molar-refractivity contribution in [1.29, 1.82) is 0 Å². The lowest BCUT2D eigenvalue weighted by atomic mass is 10.1. The molecular weight excluding hydrogens is 468 g/mol. The van der Waals surface area contributed by atoms with Gasteiger partial charge in [0.1, 0.15) is 5.76 Å². The number of anilines is 1. The van der Waals surface area contributed by atoms with Gasteiger partial charge >= 0.3 is 5.91 Å². The Morgan fingerprint density at radius 1 is 1.06 bits per heavy atom. The molecule has 0 fully saturated rings. The number of halogens is 1. The fourth-order valence-corrected chi connectivity index (χ4v) is 3.45. The first-order valence-corrected chi connectivity index (χ1v) is 11.1. The molecule has 0 aliphatic rings. The van der Waals surface area contributed by atoms with Gasteiger partial charge in [-0.1, -0.05) is 23.7 Å². The molecule has 0 atom stereocenters. The van der Waals surface area contributed by atoms with Crippen molar-refractivity contribution in [2.24, 2.45) is 5.10 Å². The molecule has 0 aliphatic heterocycles. The number of rotatable bonds is 7. The summed E-state index contributed by atoms with van der Waals surface area (Å²) in [5, 5.41) is 11.9. The Balaban J connectivity index is 1.35. The smallest absolute Gasteiger partial charge is 0.307 e. The molecule has 0 aliphatic carbocycles. The molecule has 3 heterocycles. The van der Waals surface area contributed by atoms with Crippen LogP contribution in [0.15, 0.2) is 70.4 Å². The predicted molar refractivity (Wildman–Crippen MR) is 133 cm³/mol. The minimum Gasteiger partial charge on any atom is -0.454 e. The first-order chi connectivity index (χ1) is 16.8. The van der Waals surface area contributed by atoms with Gasteiger partial charge in [-0.15, -0.1) is 0 Å². The summed E-state index contributed by atoms with van der Waals surface area (Å²) in [5.74, 6) is -0.00991. The van der Waals surface area contributed by atoms with E-state index in [0.29, 0.717) is 34.3 Å². The highest BCUT2D eigenvalue weighted by Gasteiger charge is 2.14. The van der Waals surface area contributed by atoms with Crippen LogP contribution in [0.25, 0.3) is 0 Å². The number of aryl methyl sites for hydroxylation is 1. The van der Waals surface area contributed by atoms with Gasteiger partial charge in [0.25, 0.3) is 5.91 Å². The number of nitrogens with zero attached hydrogens (tertiary/aromatic N) is 4. The number of benzene rings is 1. The van der Waals surface area contributed by atoms with E-state index in [9.17, 15) is 9.59 Å². The van der Waals surface area contributed by atoms with Crippen LogP contribution in [0.5, 0.6) is 0 Å². The maximum atomic E-state index is 12.5. The van der Waals surface area contributed by atoms with Crippen LogP contribution in [-0.4, -0.2) is 32.3 Å². The fraction of sp³-hybridized carbons (Fsp3) is 0.160. The number of nitrogens with one attached hydrogen (secondary N) is 2. The average molecular weight is 491 g/mol. The van der Waals surface area contributed by atoms with Crippen molar-refractivity contribution in [3.05, 3.63) is 100.0 Å². The molecule has 0 radical (unpaired) electrons.